The van der Waals surface area contributed by atoms with E-state index >= 15 is 0 Å². The molecule has 5 nitrogen and oxygen atoms in total. The van der Waals surface area contributed by atoms with Crippen molar-refractivity contribution in [1.29, 1.82) is 0 Å². The normalized spacial score (nSPS) is 14.1. The zero-order valence-corrected chi connectivity index (χ0v) is 10.1. The van der Waals surface area contributed by atoms with Gasteiger partial charge in [0.2, 0.25) is 0 Å². The molecule has 94 valence electrons. The SMILES string of the molecule is CCc1ncnc(NC(C)(CC)C(=O)O)c1F. The Balaban J connectivity index is 3.06. The number of carboxylic acids is 1. The number of anilines is 1. The van der Waals surface area contributed by atoms with E-state index in [0.29, 0.717) is 12.8 Å². The largest absolute Gasteiger partial charge is 0.480 e. The summed E-state index contributed by atoms with van der Waals surface area (Å²) in [7, 11) is 0. The van der Waals surface area contributed by atoms with Crippen LogP contribution in [0.3, 0.4) is 0 Å². The molecule has 0 aliphatic rings. The first-order valence-electron chi connectivity index (χ1n) is 5.45. The average Bonchev–Trinajstić information content (AvgIpc) is 2.31. The fraction of sp³-hybridized carbons (Fsp3) is 0.545. The molecule has 0 aromatic carbocycles. The van der Waals surface area contributed by atoms with Gasteiger partial charge in [0.1, 0.15) is 11.9 Å². The molecule has 0 aliphatic heterocycles. The highest BCUT2D eigenvalue weighted by Gasteiger charge is 2.32. The Morgan fingerprint density at radius 2 is 2.18 bits per heavy atom. The van der Waals surface area contributed by atoms with E-state index in [4.69, 9.17) is 5.11 Å². The first-order valence-corrected chi connectivity index (χ1v) is 5.45. The van der Waals surface area contributed by atoms with Crippen LogP contribution in [-0.4, -0.2) is 26.6 Å². The second-order valence-electron chi connectivity index (χ2n) is 3.95. The highest BCUT2D eigenvalue weighted by atomic mass is 19.1. The van der Waals surface area contributed by atoms with Gasteiger partial charge in [-0.2, -0.15) is 0 Å². The zero-order chi connectivity index (χ0) is 13.1. The quantitative estimate of drug-likeness (QED) is 0.822. The Morgan fingerprint density at radius 3 is 2.65 bits per heavy atom. The van der Waals surface area contributed by atoms with E-state index < -0.39 is 17.3 Å². The predicted octanol–water partition coefficient (Wildman–Crippen LogP) is 1.84. The van der Waals surface area contributed by atoms with Gasteiger partial charge in [-0.3, -0.25) is 0 Å². The summed E-state index contributed by atoms with van der Waals surface area (Å²) in [5.74, 6) is -1.70. The molecule has 1 aromatic heterocycles. The van der Waals surface area contributed by atoms with Gasteiger partial charge in [-0.1, -0.05) is 13.8 Å². The minimum absolute atomic E-state index is 0.0661. The first-order chi connectivity index (χ1) is 7.94. The van der Waals surface area contributed by atoms with Crippen molar-refractivity contribution in [1.82, 2.24) is 9.97 Å². The van der Waals surface area contributed by atoms with Crippen LogP contribution < -0.4 is 5.32 Å². The Labute approximate surface area is 99.1 Å². The van der Waals surface area contributed by atoms with Crippen molar-refractivity contribution in [3.8, 4) is 0 Å². The summed E-state index contributed by atoms with van der Waals surface area (Å²) in [6, 6.07) is 0. The Kier molecular flexibility index (Phi) is 3.98. The summed E-state index contributed by atoms with van der Waals surface area (Å²) >= 11 is 0. The van der Waals surface area contributed by atoms with Gasteiger partial charge in [-0.05, 0) is 19.8 Å². The van der Waals surface area contributed by atoms with Gasteiger partial charge in [-0.15, -0.1) is 0 Å². The Hall–Kier alpha value is -1.72. The number of nitrogens with one attached hydrogen (secondary N) is 1. The molecule has 0 aliphatic carbocycles. The van der Waals surface area contributed by atoms with Crippen molar-refractivity contribution in [3.05, 3.63) is 17.8 Å². The van der Waals surface area contributed by atoms with Gasteiger partial charge in [-0.25, -0.2) is 19.2 Å². The molecule has 0 saturated carbocycles. The lowest BCUT2D eigenvalue weighted by atomic mass is 9.99. The number of halogens is 1. The molecular weight excluding hydrogens is 225 g/mol. The number of aromatic nitrogens is 2. The van der Waals surface area contributed by atoms with Crippen LogP contribution in [0, 0.1) is 5.82 Å². The maximum atomic E-state index is 13.8. The molecule has 0 spiro atoms. The van der Waals surface area contributed by atoms with Crippen molar-refractivity contribution in [2.75, 3.05) is 5.32 Å². The van der Waals surface area contributed by atoms with Gasteiger partial charge in [0.25, 0.3) is 0 Å². The van der Waals surface area contributed by atoms with Crippen LogP contribution in [0.25, 0.3) is 0 Å². The monoisotopic (exact) mass is 241 g/mol. The van der Waals surface area contributed by atoms with Gasteiger partial charge in [0, 0.05) is 0 Å². The number of carbonyl (C=O) groups is 1. The predicted molar refractivity (Wildman–Crippen MR) is 61.3 cm³/mol. The molecule has 1 heterocycles. The van der Waals surface area contributed by atoms with E-state index in [9.17, 15) is 9.18 Å². The third-order valence-electron chi connectivity index (χ3n) is 2.77. The summed E-state index contributed by atoms with van der Waals surface area (Å²) < 4.78 is 13.8. The molecule has 0 bridgehead atoms. The fourth-order valence-corrected chi connectivity index (χ4v) is 1.29. The maximum Gasteiger partial charge on any atom is 0.329 e. The molecule has 1 atom stereocenters. The lowest BCUT2D eigenvalue weighted by Crippen LogP contribution is -2.43. The molecule has 0 saturated heterocycles. The molecular formula is C11H16FN3O2. The van der Waals surface area contributed by atoms with E-state index in [-0.39, 0.29) is 11.5 Å². The van der Waals surface area contributed by atoms with Crippen molar-refractivity contribution < 1.29 is 14.3 Å². The van der Waals surface area contributed by atoms with E-state index in [1.165, 1.54) is 13.3 Å². The molecule has 17 heavy (non-hydrogen) atoms. The summed E-state index contributed by atoms with van der Waals surface area (Å²) in [6.07, 6.45) is 1.97. The maximum absolute atomic E-state index is 13.8. The Bertz CT molecular complexity index is 425. The summed E-state index contributed by atoms with van der Waals surface area (Å²) in [5, 5.41) is 11.7. The lowest BCUT2D eigenvalue weighted by Gasteiger charge is -2.25. The molecule has 6 heteroatoms. The molecule has 0 amide bonds. The van der Waals surface area contributed by atoms with E-state index in [2.05, 4.69) is 15.3 Å². The fourth-order valence-electron chi connectivity index (χ4n) is 1.29. The minimum Gasteiger partial charge on any atom is -0.480 e. The number of hydrogen-bond acceptors (Lipinski definition) is 4. The summed E-state index contributed by atoms with van der Waals surface area (Å²) in [4.78, 5) is 18.6. The number of aryl methyl sites for hydroxylation is 1. The van der Waals surface area contributed by atoms with Crippen LogP contribution in [-0.2, 0) is 11.2 Å². The number of rotatable bonds is 5. The van der Waals surface area contributed by atoms with Crippen LogP contribution in [0.15, 0.2) is 6.33 Å². The molecule has 1 rings (SSSR count). The number of nitrogens with zero attached hydrogens (tertiary/aromatic N) is 2. The molecule has 0 fully saturated rings. The van der Waals surface area contributed by atoms with Crippen LogP contribution in [0.2, 0.25) is 0 Å². The van der Waals surface area contributed by atoms with Gasteiger partial charge in [0.15, 0.2) is 11.6 Å². The van der Waals surface area contributed by atoms with Crippen LogP contribution >= 0.6 is 0 Å². The van der Waals surface area contributed by atoms with Crippen molar-refractivity contribution >= 4 is 11.8 Å². The van der Waals surface area contributed by atoms with E-state index in [1.807, 2.05) is 0 Å². The number of aliphatic carboxylic acids is 1. The van der Waals surface area contributed by atoms with Crippen LogP contribution in [0.1, 0.15) is 32.9 Å². The van der Waals surface area contributed by atoms with Crippen LogP contribution in [0.5, 0.6) is 0 Å². The average molecular weight is 241 g/mol. The summed E-state index contributed by atoms with van der Waals surface area (Å²) in [6.45, 7) is 4.97. The minimum atomic E-state index is -1.24. The molecule has 0 radical (unpaired) electrons. The van der Waals surface area contributed by atoms with E-state index in [0.717, 1.165) is 0 Å². The smallest absolute Gasteiger partial charge is 0.329 e. The number of hydrogen-bond donors (Lipinski definition) is 2. The highest BCUT2D eigenvalue weighted by Crippen LogP contribution is 2.20. The summed E-state index contributed by atoms with van der Waals surface area (Å²) in [5.41, 5.74) is -0.966. The molecule has 1 unspecified atom stereocenters. The molecule has 2 N–H and O–H groups in total. The highest BCUT2D eigenvalue weighted by molar-refractivity contribution is 5.81. The standard InChI is InChI=1S/C11H16FN3O2/c1-4-7-8(12)9(14-6-13-7)15-11(3,5-2)10(16)17/h6H,4-5H2,1-3H3,(H,16,17)(H,13,14,15). The topological polar surface area (TPSA) is 75.1 Å². The Morgan fingerprint density at radius 1 is 1.53 bits per heavy atom. The van der Waals surface area contributed by atoms with Gasteiger partial charge in [0.05, 0.1) is 5.69 Å². The zero-order valence-electron chi connectivity index (χ0n) is 10.1. The number of carboxylic acid groups (broad SMARTS) is 1. The first kappa shape index (κ1) is 13.3. The van der Waals surface area contributed by atoms with Gasteiger partial charge >= 0.3 is 5.97 Å². The van der Waals surface area contributed by atoms with E-state index in [1.54, 1.807) is 13.8 Å². The second-order valence-corrected chi connectivity index (χ2v) is 3.95. The third-order valence-corrected chi connectivity index (χ3v) is 2.77. The molecule has 1 aromatic rings. The van der Waals surface area contributed by atoms with Gasteiger partial charge < -0.3 is 10.4 Å². The second kappa shape index (κ2) is 5.07. The lowest BCUT2D eigenvalue weighted by molar-refractivity contribution is -0.141. The van der Waals surface area contributed by atoms with Crippen molar-refractivity contribution in [2.45, 2.75) is 39.2 Å². The van der Waals surface area contributed by atoms with Crippen molar-refractivity contribution in [2.24, 2.45) is 0 Å². The van der Waals surface area contributed by atoms with Crippen molar-refractivity contribution in [3.63, 3.8) is 0 Å². The van der Waals surface area contributed by atoms with Crippen LogP contribution in [0.4, 0.5) is 10.2 Å². The third kappa shape index (κ3) is 2.69.